The fourth-order valence-corrected chi connectivity index (χ4v) is 1.74. The molecule has 17 heavy (non-hydrogen) atoms. The minimum absolute atomic E-state index is 0.108. The van der Waals surface area contributed by atoms with Gasteiger partial charge in [0.1, 0.15) is 0 Å². The minimum Gasteiger partial charge on any atom is -0.465 e. The predicted octanol–water partition coefficient (Wildman–Crippen LogP) is 2.37. The lowest BCUT2D eigenvalue weighted by Crippen LogP contribution is -2.31. The van der Waals surface area contributed by atoms with Crippen LogP contribution in [0.4, 0.5) is 4.79 Å². The lowest BCUT2D eigenvalue weighted by molar-refractivity contribution is 0.148. The average Bonchev–Trinajstić information content (AvgIpc) is 2.31. The Balaban J connectivity index is 2.66. The van der Waals surface area contributed by atoms with Crippen molar-refractivity contribution in [1.29, 1.82) is 0 Å². The zero-order valence-electron chi connectivity index (χ0n) is 9.69. The van der Waals surface area contributed by atoms with E-state index in [1.54, 1.807) is 19.1 Å². The topological polar surface area (TPSA) is 60.8 Å². The van der Waals surface area contributed by atoms with Gasteiger partial charge in [0.2, 0.25) is 0 Å². The summed E-state index contributed by atoms with van der Waals surface area (Å²) in [6.07, 6.45) is -0.298. The number of nitrogens with zero attached hydrogens (tertiary/aromatic N) is 1. The Morgan fingerprint density at radius 1 is 1.47 bits per heavy atom. The molecule has 0 saturated heterocycles. The summed E-state index contributed by atoms with van der Waals surface area (Å²) in [6.45, 7) is 2.60. The lowest BCUT2D eigenvalue weighted by atomic mass is 10.1. The molecular weight excluding hydrogens is 242 g/mol. The third-order valence-corrected chi connectivity index (χ3v) is 2.97. The smallest absolute Gasteiger partial charge is 0.407 e. The van der Waals surface area contributed by atoms with Gasteiger partial charge in [0, 0.05) is 18.1 Å². The van der Waals surface area contributed by atoms with E-state index >= 15 is 0 Å². The van der Waals surface area contributed by atoms with E-state index in [0.717, 1.165) is 5.56 Å². The van der Waals surface area contributed by atoms with Crippen LogP contribution in [-0.2, 0) is 13.0 Å². The molecule has 0 aromatic heterocycles. The number of benzene rings is 1. The molecule has 0 heterocycles. The van der Waals surface area contributed by atoms with Crippen LogP contribution in [0, 0.1) is 0 Å². The van der Waals surface area contributed by atoms with E-state index in [4.69, 9.17) is 21.8 Å². The summed E-state index contributed by atoms with van der Waals surface area (Å²) < 4.78 is 0. The third-order valence-electron chi connectivity index (χ3n) is 2.60. The Hall–Kier alpha value is -1.26. The molecule has 0 aliphatic rings. The molecular formula is C12H16ClNO3. The molecule has 1 rings (SSSR count). The second-order valence-electron chi connectivity index (χ2n) is 3.70. The first-order valence-electron chi connectivity index (χ1n) is 5.44. The number of hydrogen-bond donors (Lipinski definition) is 2. The van der Waals surface area contributed by atoms with Crippen molar-refractivity contribution in [3.63, 3.8) is 0 Å². The summed E-state index contributed by atoms with van der Waals surface area (Å²) >= 11 is 5.87. The van der Waals surface area contributed by atoms with E-state index in [1.807, 2.05) is 6.07 Å². The summed E-state index contributed by atoms with van der Waals surface area (Å²) in [5, 5.41) is 18.5. The molecule has 94 valence electrons. The molecule has 1 aromatic carbocycles. The molecule has 0 unspecified atom stereocenters. The van der Waals surface area contributed by atoms with E-state index < -0.39 is 6.09 Å². The molecule has 0 radical (unpaired) electrons. The number of hydrogen-bond acceptors (Lipinski definition) is 2. The minimum atomic E-state index is -0.913. The van der Waals surface area contributed by atoms with Gasteiger partial charge in [-0.25, -0.2) is 4.79 Å². The Morgan fingerprint density at radius 3 is 2.71 bits per heavy atom. The normalized spacial score (nSPS) is 10.3. The molecule has 5 heteroatoms. The van der Waals surface area contributed by atoms with Gasteiger partial charge in [0.25, 0.3) is 0 Å². The van der Waals surface area contributed by atoms with Gasteiger partial charge >= 0.3 is 6.09 Å². The Morgan fingerprint density at radius 2 is 2.18 bits per heavy atom. The second kappa shape index (κ2) is 6.47. The molecule has 0 saturated carbocycles. The van der Waals surface area contributed by atoms with Gasteiger partial charge in [-0.2, -0.15) is 0 Å². The molecule has 0 fully saturated rings. The van der Waals surface area contributed by atoms with Crippen LogP contribution in [0.5, 0.6) is 0 Å². The van der Waals surface area contributed by atoms with Crippen LogP contribution < -0.4 is 0 Å². The highest BCUT2D eigenvalue weighted by atomic mass is 35.5. The summed E-state index contributed by atoms with van der Waals surface area (Å²) in [5.74, 6) is 0. The number of rotatable bonds is 5. The van der Waals surface area contributed by atoms with Crippen molar-refractivity contribution in [2.24, 2.45) is 0 Å². The number of aliphatic hydroxyl groups is 1. The molecule has 1 amide bonds. The molecule has 0 bridgehead atoms. The van der Waals surface area contributed by atoms with Crippen molar-refractivity contribution in [3.05, 3.63) is 34.3 Å². The molecule has 2 N–H and O–H groups in total. The van der Waals surface area contributed by atoms with Crippen LogP contribution in [0.1, 0.15) is 18.1 Å². The van der Waals surface area contributed by atoms with Gasteiger partial charge < -0.3 is 15.1 Å². The van der Waals surface area contributed by atoms with E-state index in [1.165, 1.54) is 4.90 Å². The Bertz CT molecular complexity index is 395. The van der Waals surface area contributed by atoms with Crippen LogP contribution in [0.2, 0.25) is 5.02 Å². The molecule has 4 nitrogen and oxygen atoms in total. The number of carboxylic acid groups (broad SMARTS) is 1. The maximum Gasteiger partial charge on any atom is 0.407 e. The zero-order chi connectivity index (χ0) is 12.8. The highest BCUT2D eigenvalue weighted by molar-refractivity contribution is 6.31. The lowest BCUT2D eigenvalue weighted by Gasteiger charge is -2.16. The van der Waals surface area contributed by atoms with Crippen molar-refractivity contribution in [3.8, 4) is 0 Å². The maximum absolute atomic E-state index is 10.8. The summed E-state index contributed by atoms with van der Waals surface area (Å²) in [4.78, 5) is 12.1. The van der Waals surface area contributed by atoms with Crippen molar-refractivity contribution in [1.82, 2.24) is 4.90 Å². The standard InChI is InChI=1S/C12H16ClNO3/c1-2-14(12(16)17)6-5-9-3-4-11(13)10(7-9)8-15/h3-4,7,15H,2,5-6,8H2,1H3,(H,16,17). The molecule has 0 aliphatic heterocycles. The Labute approximate surface area is 105 Å². The van der Waals surface area contributed by atoms with Crippen LogP contribution in [0.15, 0.2) is 18.2 Å². The van der Waals surface area contributed by atoms with Crippen molar-refractivity contribution >= 4 is 17.7 Å². The summed E-state index contributed by atoms with van der Waals surface area (Å²) in [5.41, 5.74) is 1.64. The van der Waals surface area contributed by atoms with Crippen LogP contribution in [0.3, 0.4) is 0 Å². The van der Waals surface area contributed by atoms with Gasteiger partial charge in [-0.05, 0) is 30.5 Å². The van der Waals surface area contributed by atoms with Crippen LogP contribution in [-0.4, -0.2) is 34.3 Å². The number of likely N-dealkylation sites (N-methyl/N-ethyl adjacent to an activating group) is 1. The van der Waals surface area contributed by atoms with E-state index in [9.17, 15) is 4.79 Å². The molecule has 0 atom stereocenters. The van der Waals surface area contributed by atoms with Crippen LogP contribution in [0.25, 0.3) is 0 Å². The number of amides is 1. The van der Waals surface area contributed by atoms with E-state index in [-0.39, 0.29) is 6.61 Å². The zero-order valence-corrected chi connectivity index (χ0v) is 10.4. The third kappa shape index (κ3) is 3.91. The first kappa shape index (κ1) is 13.8. The van der Waals surface area contributed by atoms with Gasteiger partial charge in [0.15, 0.2) is 0 Å². The average molecular weight is 258 g/mol. The van der Waals surface area contributed by atoms with E-state index in [0.29, 0.717) is 30.1 Å². The van der Waals surface area contributed by atoms with Crippen LogP contribution >= 0.6 is 11.6 Å². The highest BCUT2D eigenvalue weighted by Crippen LogP contribution is 2.18. The van der Waals surface area contributed by atoms with Crippen molar-refractivity contribution in [2.75, 3.05) is 13.1 Å². The summed E-state index contributed by atoms with van der Waals surface area (Å²) in [6, 6.07) is 5.37. The van der Waals surface area contributed by atoms with Crippen molar-refractivity contribution < 1.29 is 15.0 Å². The molecule has 0 aliphatic carbocycles. The second-order valence-corrected chi connectivity index (χ2v) is 4.10. The van der Waals surface area contributed by atoms with Gasteiger partial charge in [-0.15, -0.1) is 0 Å². The SMILES string of the molecule is CCN(CCc1ccc(Cl)c(CO)c1)C(=O)O. The monoisotopic (exact) mass is 257 g/mol. The highest BCUT2D eigenvalue weighted by Gasteiger charge is 2.09. The van der Waals surface area contributed by atoms with E-state index in [2.05, 4.69) is 0 Å². The van der Waals surface area contributed by atoms with Gasteiger partial charge in [-0.3, -0.25) is 0 Å². The maximum atomic E-state index is 10.8. The predicted molar refractivity (Wildman–Crippen MR) is 66.4 cm³/mol. The van der Waals surface area contributed by atoms with Crippen molar-refractivity contribution in [2.45, 2.75) is 20.0 Å². The molecule has 0 spiro atoms. The Kier molecular flexibility index (Phi) is 5.25. The quantitative estimate of drug-likeness (QED) is 0.851. The van der Waals surface area contributed by atoms with Gasteiger partial charge in [-0.1, -0.05) is 23.7 Å². The fraction of sp³-hybridized carbons (Fsp3) is 0.417. The first-order valence-corrected chi connectivity index (χ1v) is 5.82. The summed E-state index contributed by atoms with van der Waals surface area (Å²) in [7, 11) is 0. The largest absolute Gasteiger partial charge is 0.465 e. The van der Waals surface area contributed by atoms with Gasteiger partial charge in [0.05, 0.1) is 6.61 Å². The number of halogens is 1. The fourth-order valence-electron chi connectivity index (χ4n) is 1.56. The number of carbonyl (C=O) groups is 1. The molecule has 1 aromatic rings. The first-order chi connectivity index (χ1) is 8.08. The number of aliphatic hydroxyl groups excluding tert-OH is 1.